The number of para-hydroxylation sites is 3. The average Bonchev–Trinajstić information content (AvgIpc) is 3.41. The fourth-order valence-corrected chi connectivity index (χ4v) is 5.61. The molecule has 210 valence electrons. The smallest absolute Gasteiger partial charge is 0.294 e. The van der Waals surface area contributed by atoms with E-state index in [0.717, 1.165) is 23.2 Å². The van der Waals surface area contributed by atoms with Crippen molar-refractivity contribution < 1.29 is 14.5 Å². The van der Waals surface area contributed by atoms with Crippen LogP contribution in [-0.2, 0) is 11.4 Å². The molecule has 1 aliphatic carbocycles. The van der Waals surface area contributed by atoms with Gasteiger partial charge in [0.1, 0.15) is 18.0 Å². The standard InChI is InChI=1S/C30H30N6O4S/c1-21(37)29(33-31-26-14-8-9-15-27(26)36(38)39)41-30-34-32-28(35(30)24-12-6-3-7-13-24)20-40-25-18-16-23(17-19-25)22-10-4-2-5-11-22/h3,6-9,12-19,22,31H,2,4-5,10-11,20H2,1H3/b33-29-. The molecule has 0 amide bonds. The highest BCUT2D eigenvalue weighted by Crippen LogP contribution is 2.33. The predicted octanol–water partition coefficient (Wildman–Crippen LogP) is 6.91. The molecule has 0 bridgehead atoms. The summed E-state index contributed by atoms with van der Waals surface area (Å²) in [6, 6.07) is 23.9. The van der Waals surface area contributed by atoms with Crippen LogP contribution in [0.5, 0.6) is 5.75 Å². The van der Waals surface area contributed by atoms with E-state index in [4.69, 9.17) is 4.74 Å². The fraction of sp³-hybridized carbons (Fsp3) is 0.267. The molecule has 0 atom stereocenters. The quantitative estimate of drug-likeness (QED) is 0.0717. The van der Waals surface area contributed by atoms with Gasteiger partial charge < -0.3 is 4.74 Å². The van der Waals surface area contributed by atoms with Crippen LogP contribution in [-0.4, -0.2) is 30.5 Å². The van der Waals surface area contributed by atoms with Crippen molar-refractivity contribution in [2.24, 2.45) is 5.10 Å². The molecular weight excluding hydrogens is 540 g/mol. The maximum atomic E-state index is 12.5. The molecule has 1 aromatic heterocycles. The lowest BCUT2D eigenvalue weighted by Gasteiger charge is -2.22. The van der Waals surface area contributed by atoms with Crippen molar-refractivity contribution in [2.45, 2.75) is 56.7 Å². The van der Waals surface area contributed by atoms with E-state index in [-0.39, 0.29) is 28.8 Å². The number of rotatable bonds is 10. The summed E-state index contributed by atoms with van der Waals surface area (Å²) in [4.78, 5) is 23.3. The number of ketones is 1. The van der Waals surface area contributed by atoms with Crippen LogP contribution in [0.4, 0.5) is 11.4 Å². The van der Waals surface area contributed by atoms with Crippen LogP contribution >= 0.6 is 11.8 Å². The second-order valence-corrected chi connectivity index (χ2v) is 10.7. The summed E-state index contributed by atoms with van der Waals surface area (Å²) in [7, 11) is 0. The van der Waals surface area contributed by atoms with Crippen molar-refractivity contribution in [3.05, 3.63) is 100 Å². The number of carbonyl (C=O) groups excluding carboxylic acids is 1. The first-order chi connectivity index (χ1) is 20.0. The number of Topliss-reactive ketones (excluding diaryl/α,β-unsaturated/α-hetero) is 1. The third kappa shape index (κ3) is 6.98. The number of nitrogens with zero attached hydrogens (tertiary/aromatic N) is 5. The van der Waals surface area contributed by atoms with Crippen LogP contribution in [0, 0.1) is 10.1 Å². The van der Waals surface area contributed by atoms with Gasteiger partial charge in [0.15, 0.2) is 16.7 Å². The summed E-state index contributed by atoms with van der Waals surface area (Å²) in [5.41, 5.74) is 4.83. The third-order valence-electron chi connectivity index (χ3n) is 6.91. The van der Waals surface area contributed by atoms with Gasteiger partial charge in [0.2, 0.25) is 5.16 Å². The minimum absolute atomic E-state index is 0.0681. The lowest BCUT2D eigenvalue weighted by molar-refractivity contribution is -0.384. The molecule has 3 aromatic carbocycles. The van der Waals surface area contributed by atoms with Gasteiger partial charge in [0.25, 0.3) is 5.69 Å². The Bertz CT molecular complexity index is 1530. The minimum atomic E-state index is -0.514. The highest BCUT2D eigenvalue weighted by atomic mass is 32.2. The zero-order valence-corrected chi connectivity index (χ0v) is 23.4. The van der Waals surface area contributed by atoms with Crippen LogP contribution in [0.15, 0.2) is 89.1 Å². The monoisotopic (exact) mass is 570 g/mol. The fourth-order valence-electron chi connectivity index (χ4n) is 4.81. The molecule has 0 saturated heterocycles. The number of ether oxygens (including phenoxy) is 1. The Kier molecular flexibility index (Phi) is 9.05. The van der Waals surface area contributed by atoms with Gasteiger partial charge in [0, 0.05) is 18.7 Å². The summed E-state index contributed by atoms with van der Waals surface area (Å²) >= 11 is 1.01. The summed E-state index contributed by atoms with van der Waals surface area (Å²) in [5, 5.41) is 24.7. The molecule has 1 N–H and O–H groups in total. The van der Waals surface area contributed by atoms with Crippen LogP contribution in [0.3, 0.4) is 0 Å². The number of nitrogens with one attached hydrogen (secondary N) is 1. The van der Waals surface area contributed by atoms with Gasteiger partial charge in [-0.25, -0.2) is 0 Å². The average molecular weight is 571 g/mol. The van der Waals surface area contributed by atoms with E-state index < -0.39 is 4.92 Å². The summed E-state index contributed by atoms with van der Waals surface area (Å²) in [5.74, 6) is 1.57. The Morgan fingerprint density at radius 2 is 1.73 bits per heavy atom. The van der Waals surface area contributed by atoms with E-state index in [1.54, 1.807) is 12.1 Å². The van der Waals surface area contributed by atoms with Gasteiger partial charge in [0.05, 0.1) is 4.92 Å². The molecule has 0 radical (unpaired) electrons. The predicted molar refractivity (Wildman–Crippen MR) is 159 cm³/mol. The van der Waals surface area contributed by atoms with Crippen molar-refractivity contribution in [1.82, 2.24) is 14.8 Å². The number of carbonyl (C=O) groups is 1. The zero-order valence-electron chi connectivity index (χ0n) is 22.6. The Morgan fingerprint density at radius 3 is 2.44 bits per heavy atom. The van der Waals surface area contributed by atoms with Crippen molar-refractivity contribution in [1.29, 1.82) is 0 Å². The van der Waals surface area contributed by atoms with Gasteiger partial charge in [-0.2, -0.15) is 5.10 Å². The summed E-state index contributed by atoms with van der Waals surface area (Å²) in [6.45, 7) is 1.53. The first-order valence-corrected chi connectivity index (χ1v) is 14.3. The first-order valence-electron chi connectivity index (χ1n) is 13.5. The second-order valence-electron chi connectivity index (χ2n) is 9.72. The highest BCUT2D eigenvalue weighted by molar-refractivity contribution is 8.15. The van der Waals surface area contributed by atoms with Crippen molar-refractivity contribution in [2.75, 3.05) is 5.43 Å². The summed E-state index contributed by atoms with van der Waals surface area (Å²) < 4.78 is 7.91. The molecule has 0 unspecified atom stereocenters. The van der Waals surface area contributed by atoms with E-state index in [2.05, 4.69) is 32.9 Å². The van der Waals surface area contributed by atoms with Gasteiger partial charge in [-0.3, -0.25) is 24.9 Å². The normalized spacial score (nSPS) is 14.0. The van der Waals surface area contributed by atoms with Gasteiger partial charge in [-0.15, -0.1) is 10.2 Å². The maximum Gasteiger partial charge on any atom is 0.294 e. The van der Waals surface area contributed by atoms with Gasteiger partial charge in [-0.1, -0.05) is 61.7 Å². The molecule has 1 aliphatic rings. The second kappa shape index (κ2) is 13.2. The van der Waals surface area contributed by atoms with Gasteiger partial charge >= 0.3 is 0 Å². The molecule has 0 aliphatic heterocycles. The molecule has 1 fully saturated rings. The molecule has 41 heavy (non-hydrogen) atoms. The number of aromatic nitrogens is 3. The number of hydrogen-bond acceptors (Lipinski definition) is 9. The maximum absolute atomic E-state index is 12.5. The first kappa shape index (κ1) is 28.0. The van der Waals surface area contributed by atoms with Crippen LogP contribution < -0.4 is 10.2 Å². The molecule has 5 rings (SSSR count). The van der Waals surface area contributed by atoms with Crippen LogP contribution in [0.25, 0.3) is 5.69 Å². The lowest BCUT2D eigenvalue weighted by Crippen LogP contribution is -2.11. The Balaban J connectivity index is 1.36. The molecule has 4 aromatic rings. The Labute approximate surface area is 242 Å². The lowest BCUT2D eigenvalue weighted by atomic mass is 9.84. The number of nitro groups is 1. The van der Waals surface area contributed by atoms with Crippen molar-refractivity contribution in [3.63, 3.8) is 0 Å². The summed E-state index contributed by atoms with van der Waals surface area (Å²) in [6.07, 6.45) is 6.38. The number of hydrazone groups is 1. The van der Waals surface area contributed by atoms with Crippen molar-refractivity contribution >= 4 is 34.0 Å². The molecule has 10 nitrogen and oxygen atoms in total. The van der Waals surface area contributed by atoms with E-state index in [0.29, 0.717) is 16.9 Å². The SMILES string of the molecule is CC(=O)/C(=N/Nc1ccccc1[N+](=O)[O-])Sc1nnc(COc2ccc(C3CCCCC3)cc2)n1-c1ccccc1. The number of anilines is 1. The van der Waals surface area contributed by atoms with Crippen molar-refractivity contribution in [3.8, 4) is 11.4 Å². The Morgan fingerprint density at radius 1 is 1.02 bits per heavy atom. The largest absolute Gasteiger partial charge is 0.486 e. The molecule has 1 saturated carbocycles. The molecule has 11 heteroatoms. The number of thioether (sulfide) groups is 1. The van der Waals surface area contributed by atoms with E-state index in [9.17, 15) is 14.9 Å². The Hall–Kier alpha value is -4.51. The zero-order chi connectivity index (χ0) is 28.6. The van der Waals surface area contributed by atoms with Gasteiger partial charge in [-0.05, 0) is 66.4 Å². The van der Waals surface area contributed by atoms with E-state index in [1.165, 1.54) is 56.7 Å². The molecule has 0 spiro atoms. The number of nitro benzene ring substituents is 1. The number of hydrogen-bond donors (Lipinski definition) is 1. The van der Waals surface area contributed by atoms with Crippen LogP contribution in [0.2, 0.25) is 0 Å². The van der Waals surface area contributed by atoms with E-state index >= 15 is 0 Å². The molecular formula is C30H30N6O4S. The molecule has 1 heterocycles. The topological polar surface area (TPSA) is 125 Å². The van der Waals surface area contributed by atoms with Crippen LogP contribution in [0.1, 0.15) is 56.3 Å². The highest BCUT2D eigenvalue weighted by Gasteiger charge is 2.21. The third-order valence-corrected chi connectivity index (χ3v) is 7.93. The minimum Gasteiger partial charge on any atom is -0.486 e. The number of benzene rings is 3. The van der Waals surface area contributed by atoms with E-state index in [1.807, 2.05) is 47.0 Å².